The van der Waals surface area contributed by atoms with E-state index in [2.05, 4.69) is 36.2 Å². The van der Waals surface area contributed by atoms with Crippen LogP contribution in [0.1, 0.15) is 53.7 Å². The third kappa shape index (κ3) is 4.24. The SMILES string of the molecule is CCCCOCCCN1C(=O)c2ccccc2C1c1c(-c2ccc(Cl)cc2)[nH]c2ccccc12. The van der Waals surface area contributed by atoms with Gasteiger partial charge in [0.25, 0.3) is 5.91 Å². The number of nitrogens with one attached hydrogen (secondary N) is 1. The summed E-state index contributed by atoms with van der Waals surface area (Å²) in [5.74, 6) is 0.0847. The van der Waals surface area contributed by atoms with Gasteiger partial charge in [-0.3, -0.25) is 4.79 Å². The first-order valence-electron chi connectivity index (χ1n) is 12.0. The van der Waals surface area contributed by atoms with Gasteiger partial charge in [-0.1, -0.05) is 73.5 Å². The second kappa shape index (κ2) is 10.0. The quantitative estimate of drug-likeness (QED) is 0.261. The maximum absolute atomic E-state index is 13.6. The van der Waals surface area contributed by atoms with Crippen molar-refractivity contribution in [3.8, 4) is 11.3 Å². The number of H-pyrrole nitrogens is 1. The van der Waals surface area contributed by atoms with Crippen molar-refractivity contribution >= 4 is 28.4 Å². The molecule has 1 N–H and O–H groups in total. The Balaban J connectivity index is 1.58. The first kappa shape index (κ1) is 22.7. The molecular formula is C29H29ClN2O2. The molecule has 0 aliphatic carbocycles. The van der Waals surface area contributed by atoms with Crippen LogP contribution in [-0.4, -0.2) is 35.5 Å². The molecule has 1 amide bonds. The first-order chi connectivity index (χ1) is 16.7. The van der Waals surface area contributed by atoms with Crippen LogP contribution in [0.25, 0.3) is 22.2 Å². The van der Waals surface area contributed by atoms with Crippen LogP contribution in [0, 0.1) is 0 Å². The highest BCUT2D eigenvalue weighted by molar-refractivity contribution is 6.30. The van der Waals surface area contributed by atoms with Crippen molar-refractivity contribution in [2.45, 2.75) is 32.2 Å². The number of aromatic amines is 1. The number of aromatic nitrogens is 1. The smallest absolute Gasteiger partial charge is 0.255 e. The highest BCUT2D eigenvalue weighted by atomic mass is 35.5. The summed E-state index contributed by atoms with van der Waals surface area (Å²) in [4.78, 5) is 19.2. The number of nitrogens with zero attached hydrogens (tertiary/aromatic N) is 1. The summed E-state index contributed by atoms with van der Waals surface area (Å²) >= 11 is 6.18. The van der Waals surface area contributed by atoms with Crippen molar-refractivity contribution in [3.63, 3.8) is 0 Å². The van der Waals surface area contributed by atoms with Crippen LogP contribution in [0.2, 0.25) is 5.02 Å². The van der Waals surface area contributed by atoms with Crippen LogP contribution >= 0.6 is 11.6 Å². The van der Waals surface area contributed by atoms with E-state index in [-0.39, 0.29) is 11.9 Å². The number of amides is 1. The fourth-order valence-corrected chi connectivity index (χ4v) is 5.02. The number of hydrogen-bond acceptors (Lipinski definition) is 2. The molecule has 174 valence electrons. The molecule has 0 saturated heterocycles. The van der Waals surface area contributed by atoms with Gasteiger partial charge in [0, 0.05) is 46.8 Å². The normalized spacial score (nSPS) is 15.3. The fraction of sp³-hybridized carbons (Fsp3) is 0.276. The largest absolute Gasteiger partial charge is 0.381 e. The molecule has 1 aliphatic rings. The third-order valence-corrected chi connectivity index (χ3v) is 6.79. The Kier molecular flexibility index (Phi) is 6.70. The number of carbonyl (C=O) groups excluding carboxylic acids is 1. The Morgan fingerprint density at radius 1 is 0.941 bits per heavy atom. The molecule has 0 bridgehead atoms. The Morgan fingerprint density at radius 3 is 2.50 bits per heavy atom. The van der Waals surface area contributed by atoms with Gasteiger partial charge in [0.15, 0.2) is 0 Å². The lowest BCUT2D eigenvalue weighted by Gasteiger charge is -2.27. The number of halogens is 1. The van der Waals surface area contributed by atoms with Gasteiger partial charge in [-0.2, -0.15) is 0 Å². The summed E-state index contributed by atoms with van der Waals surface area (Å²) in [6, 6.07) is 24.0. The number of para-hydroxylation sites is 1. The van der Waals surface area contributed by atoms with Gasteiger partial charge >= 0.3 is 0 Å². The molecule has 0 spiro atoms. The van der Waals surface area contributed by atoms with E-state index in [4.69, 9.17) is 16.3 Å². The summed E-state index contributed by atoms with van der Waals surface area (Å²) < 4.78 is 5.79. The zero-order valence-corrected chi connectivity index (χ0v) is 20.1. The molecule has 1 atom stereocenters. The lowest BCUT2D eigenvalue weighted by atomic mass is 9.93. The number of benzene rings is 3. The zero-order valence-electron chi connectivity index (χ0n) is 19.4. The molecule has 4 nitrogen and oxygen atoms in total. The molecule has 4 aromatic rings. The number of unbranched alkanes of at least 4 members (excludes halogenated alkanes) is 1. The Hall–Kier alpha value is -3.08. The molecule has 0 radical (unpaired) electrons. The molecule has 3 aromatic carbocycles. The van der Waals surface area contributed by atoms with Crippen molar-refractivity contribution < 1.29 is 9.53 Å². The summed E-state index contributed by atoms with van der Waals surface area (Å²) in [5, 5.41) is 1.83. The van der Waals surface area contributed by atoms with Gasteiger partial charge in [-0.25, -0.2) is 0 Å². The predicted molar refractivity (Wildman–Crippen MR) is 138 cm³/mol. The van der Waals surface area contributed by atoms with Crippen LogP contribution in [0.4, 0.5) is 0 Å². The molecular weight excluding hydrogens is 444 g/mol. The monoisotopic (exact) mass is 472 g/mol. The number of fused-ring (bicyclic) bond motifs is 2. The number of ether oxygens (including phenoxy) is 1. The molecule has 5 heteroatoms. The molecule has 0 fully saturated rings. The Morgan fingerprint density at radius 2 is 1.68 bits per heavy atom. The van der Waals surface area contributed by atoms with Crippen molar-refractivity contribution in [1.82, 2.24) is 9.88 Å². The van der Waals surface area contributed by atoms with Crippen LogP contribution in [-0.2, 0) is 4.74 Å². The van der Waals surface area contributed by atoms with Gasteiger partial charge < -0.3 is 14.6 Å². The van der Waals surface area contributed by atoms with E-state index in [0.717, 1.165) is 64.7 Å². The van der Waals surface area contributed by atoms with Gasteiger partial charge in [0.1, 0.15) is 0 Å². The van der Waals surface area contributed by atoms with Crippen molar-refractivity contribution in [1.29, 1.82) is 0 Å². The fourth-order valence-electron chi connectivity index (χ4n) is 4.89. The first-order valence-corrected chi connectivity index (χ1v) is 12.4. The molecule has 0 saturated carbocycles. The number of rotatable bonds is 9. The van der Waals surface area contributed by atoms with E-state index < -0.39 is 0 Å². The van der Waals surface area contributed by atoms with Gasteiger partial charge in [0.05, 0.1) is 11.7 Å². The molecule has 1 aromatic heterocycles. The zero-order chi connectivity index (χ0) is 23.5. The van der Waals surface area contributed by atoms with Crippen LogP contribution in [0.15, 0.2) is 72.8 Å². The highest BCUT2D eigenvalue weighted by Gasteiger charge is 2.39. The molecule has 2 heterocycles. The van der Waals surface area contributed by atoms with E-state index >= 15 is 0 Å². The third-order valence-electron chi connectivity index (χ3n) is 6.54. The van der Waals surface area contributed by atoms with Gasteiger partial charge in [-0.15, -0.1) is 0 Å². The van der Waals surface area contributed by atoms with E-state index in [0.29, 0.717) is 18.2 Å². The average molecular weight is 473 g/mol. The minimum absolute atomic E-state index is 0.0847. The van der Waals surface area contributed by atoms with E-state index in [1.807, 2.05) is 53.4 Å². The van der Waals surface area contributed by atoms with Gasteiger partial charge in [-0.05, 0) is 48.2 Å². The van der Waals surface area contributed by atoms with Crippen LogP contribution in [0.3, 0.4) is 0 Å². The molecule has 1 aliphatic heterocycles. The van der Waals surface area contributed by atoms with E-state index in [1.54, 1.807) is 0 Å². The Labute approximate surface area is 205 Å². The number of hydrogen-bond donors (Lipinski definition) is 1. The average Bonchev–Trinajstić information content (AvgIpc) is 3.37. The minimum atomic E-state index is -0.166. The summed E-state index contributed by atoms with van der Waals surface area (Å²) in [7, 11) is 0. The lowest BCUT2D eigenvalue weighted by Crippen LogP contribution is -2.30. The van der Waals surface area contributed by atoms with Crippen molar-refractivity contribution in [3.05, 3.63) is 94.5 Å². The van der Waals surface area contributed by atoms with E-state index in [1.165, 1.54) is 0 Å². The maximum atomic E-state index is 13.6. The van der Waals surface area contributed by atoms with Crippen molar-refractivity contribution in [2.24, 2.45) is 0 Å². The number of carbonyl (C=O) groups is 1. The minimum Gasteiger partial charge on any atom is -0.381 e. The lowest BCUT2D eigenvalue weighted by molar-refractivity contribution is 0.0710. The Bertz CT molecular complexity index is 1300. The van der Waals surface area contributed by atoms with Crippen LogP contribution in [0.5, 0.6) is 0 Å². The summed E-state index contributed by atoms with van der Waals surface area (Å²) in [5.41, 5.74) is 6.10. The summed E-state index contributed by atoms with van der Waals surface area (Å²) in [6.45, 7) is 4.24. The topological polar surface area (TPSA) is 45.3 Å². The molecule has 34 heavy (non-hydrogen) atoms. The second-order valence-electron chi connectivity index (χ2n) is 8.77. The second-order valence-corrected chi connectivity index (χ2v) is 9.21. The predicted octanol–water partition coefficient (Wildman–Crippen LogP) is 7.24. The maximum Gasteiger partial charge on any atom is 0.255 e. The standard InChI is InChI=1S/C29H29ClN2O2/c1-2-3-18-34-19-8-17-32-28(22-9-4-5-10-23(22)29(32)33)26-24-11-6-7-12-25(24)31-27(26)20-13-15-21(30)16-14-20/h4-7,9-16,28,31H,2-3,8,17-19H2,1H3. The highest BCUT2D eigenvalue weighted by Crippen LogP contribution is 2.45. The molecule has 5 rings (SSSR count). The summed E-state index contributed by atoms with van der Waals surface area (Å²) in [6.07, 6.45) is 2.99. The molecule has 1 unspecified atom stereocenters. The van der Waals surface area contributed by atoms with Gasteiger partial charge in [0.2, 0.25) is 0 Å². The van der Waals surface area contributed by atoms with E-state index in [9.17, 15) is 4.79 Å². The van der Waals surface area contributed by atoms with Crippen LogP contribution < -0.4 is 0 Å². The van der Waals surface area contributed by atoms with Crippen molar-refractivity contribution in [2.75, 3.05) is 19.8 Å².